The molecule has 24 heavy (non-hydrogen) atoms. The van der Waals surface area contributed by atoms with Gasteiger partial charge in [0.1, 0.15) is 0 Å². The molecule has 3 amide bonds. The Morgan fingerprint density at radius 2 is 1.83 bits per heavy atom. The number of carbonyl (C=O) groups excluding carboxylic acids is 3. The Hall–Kier alpha value is -2.90. The average Bonchev–Trinajstić information content (AvgIpc) is 2.84. The van der Waals surface area contributed by atoms with E-state index in [2.05, 4.69) is 10.2 Å². The molecule has 0 aliphatic carbocycles. The number of nitrogens with one attached hydrogen (secondary N) is 1. The second-order valence-corrected chi connectivity index (χ2v) is 5.93. The molecule has 1 aromatic heterocycles. The molecule has 0 saturated carbocycles. The quantitative estimate of drug-likeness (QED) is 0.805. The number of nitrogens with two attached hydrogens (primary N) is 1. The number of rotatable bonds is 2. The monoisotopic (exact) mass is 329 g/mol. The molecule has 2 heterocycles. The lowest BCUT2D eigenvalue weighted by Crippen LogP contribution is -2.41. The Bertz CT molecular complexity index is 800. The molecule has 1 fully saturated rings. The largest absolute Gasteiger partial charge is 0.369 e. The molecule has 1 aliphatic rings. The normalized spacial score (nSPS) is 18.5. The third-order valence-electron chi connectivity index (χ3n) is 4.33. The first-order chi connectivity index (χ1) is 11.5. The minimum Gasteiger partial charge on any atom is -0.369 e. The van der Waals surface area contributed by atoms with Crippen molar-refractivity contribution in [2.24, 2.45) is 11.7 Å². The van der Waals surface area contributed by atoms with Crippen LogP contribution in [0.15, 0.2) is 24.3 Å². The highest BCUT2D eigenvalue weighted by Crippen LogP contribution is 2.19. The molecule has 8 heteroatoms. The van der Waals surface area contributed by atoms with Gasteiger partial charge < -0.3 is 15.5 Å². The molecule has 0 bridgehead atoms. The van der Waals surface area contributed by atoms with Crippen molar-refractivity contribution in [2.45, 2.75) is 6.92 Å². The molecule has 3 N–H and O–H groups in total. The number of fused-ring (bicyclic) bond motifs is 1. The summed E-state index contributed by atoms with van der Waals surface area (Å²) >= 11 is 0. The van der Waals surface area contributed by atoms with E-state index < -0.39 is 11.8 Å². The maximum atomic E-state index is 12.9. The van der Waals surface area contributed by atoms with Crippen LogP contribution in [-0.2, 0) is 9.59 Å². The zero-order chi connectivity index (χ0) is 17.3. The van der Waals surface area contributed by atoms with E-state index in [1.165, 1.54) is 6.92 Å². The van der Waals surface area contributed by atoms with Crippen LogP contribution in [0.3, 0.4) is 0 Å². The molecule has 2 aromatic rings. The SMILES string of the molecule is CC(=O)N1CCN(C(=O)c2n[nH]c3ccccc23)CC(C(N)=O)C1. The number of para-hydroxylation sites is 1. The number of H-pyrrole nitrogens is 1. The topological polar surface area (TPSA) is 112 Å². The van der Waals surface area contributed by atoms with E-state index in [0.29, 0.717) is 18.8 Å². The first kappa shape index (κ1) is 16.0. The van der Waals surface area contributed by atoms with E-state index in [0.717, 1.165) is 10.9 Å². The number of carbonyl (C=O) groups is 3. The average molecular weight is 329 g/mol. The van der Waals surface area contributed by atoms with Crippen LogP contribution >= 0.6 is 0 Å². The third kappa shape index (κ3) is 2.94. The predicted molar refractivity (Wildman–Crippen MR) is 86.9 cm³/mol. The fourth-order valence-corrected chi connectivity index (χ4v) is 2.94. The number of aromatic amines is 1. The summed E-state index contributed by atoms with van der Waals surface area (Å²) in [6.45, 7) is 2.56. The standard InChI is InChI=1S/C16H19N5O3/c1-10(22)20-6-7-21(9-11(8-20)15(17)23)16(24)14-12-4-2-3-5-13(12)18-19-14/h2-5,11H,6-9H2,1H3,(H2,17,23)(H,18,19). The van der Waals surface area contributed by atoms with Gasteiger partial charge in [0, 0.05) is 38.5 Å². The number of benzene rings is 1. The first-order valence-corrected chi connectivity index (χ1v) is 7.74. The van der Waals surface area contributed by atoms with E-state index in [1.54, 1.807) is 9.80 Å². The van der Waals surface area contributed by atoms with Crippen molar-refractivity contribution in [1.82, 2.24) is 20.0 Å². The lowest BCUT2D eigenvalue weighted by atomic mass is 10.1. The van der Waals surface area contributed by atoms with E-state index in [9.17, 15) is 14.4 Å². The van der Waals surface area contributed by atoms with Gasteiger partial charge in [0.2, 0.25) is 11.8 Å². The Labute approximate surface area is 138 Å². The third-order valence-corrected chi connectivity index (χ3v) is 4.33. The van der Waals surface area contributed by atoms with Crippen molar-refractivity contribution in [1.29, 1.82) is 0 Å². The van der Waals surface area contributed by atoms with E-state index in [-0.39, 0.29) is 24.9 Å². The highest BCUT2D eigenvalue weighted by Gasteiger charge is 2.31. The van der Waals surface area contributed by atoms with Crippen molar-refractivity contribution < 1.29 is 14.4 Å². The van der Waals surface area contributed by atoms with Gasteiger partial charge in [-0.2, -0.15) is 5.10 Å². The summed E-state index contributed by atoms with van der Waals surface area (Å²) in [6.07, 6.45) is 0. The summed E-state index contributed by atoms with van der Waals surface area (Å²) in [5.74, 6) is -1.52. The molecule has 1 unspecified atom stereocenters. The number of aromatic nitrogens is 2. The van der Waals surface area contributed by atoms with Crippen LogP contribution in [0.2, 0.25) is 0 Å². The molecule has 1 aromatic carbocycles. The zero-order valence-electron chi connectivity index (χ0n) is 13.4. The maximum Gasteiger partial charge on any atom is 0.275 e. The highest BCUT2D eigenvalue weighted by atomic mass is 16.2. The molecule has 1 aliphatic heterocycles. The van der Waals surface area contributed by atoms with E-state index in [4.69, 9.17) is 5.73 Å². The van der Waals surface area contributed by atoms with E-state index >= 15 is 0 Å². The lowest BCUT2D eigenvalue weighted by molar-refractivity contribution is -0.130. The highest BCUT2D eigenvalue weighted by molar-refractivity contribution is 6.04. The van der Waals surface area contributed by atoms with Gasteiger partial charge in [0.05, 0.1) is 11.4 Å². The Balaban J connectivity index is 1.88. The minimum atomic E-state index is -0.592. The number of amides is 3. The smallest absolute Gasteiger partial charge is 0.275 e. The Kier molecular flexibility index (Phi) is 4.20. The molecular weight excluding hydrogens is 310 g/mol. The molecule has 1 atom stereocenters. The van der Waals surface area contributed by atoms with Crippen LogP contribution in [-0.4, -0.2) is 63.9 Å². The van der Waals surface area contributed by atoms with Crippen LogP contribution in [0.5, 0.6) is 0 Å². The summed E-state index contributed by atoms with van der Waals surface area (Å²) in [7, 11) is 0. The Morgan fingerprint density at radius 1 is 1.17 bits per heavy atom. The zero-order valence-corrected chi connectivity index (χ0v) is 13.4. The second-order valence-electron chi connectivity index (χ2n) is 5.93. The predicted octanol–water partition coefficient (Wildman–Crippen LogP) is -0.0313. The molecule has 0 spiro atoms. The fourth-order valence-electron chi connectivity index (χ4n) is 2.94. The number of hydrogen-bond donors (Lipinski definition) is 2. The van der Waals surface area contributed by atoms with Crippen LogP contribution in [0.4, 0.5) is 0 Å². The van der Waals surface area contributed by atoms with Crippen LogP contribution < -0.4 is 5.73 Å². The summed E-state index contributed by atoms with van der Waals surface area (Å²) in [5.41, 5.74) is 6.52. The first-order valence-electron chi connectivity index (χ1n) is 7.74. The van der Waals surface area contributed by atoms with Gasteiger partial charge in [-0.15, -0.1) is 0 Å². The Morgan fingerprint density at radius 3 is 2.54 bits per heavy atom. The fraction of sp³-hybridized carbons (Fsp3) is 0.375. The molecule has 8 nitrogen and oxygen atoms in total. The molecule has 126 valence electrons. The van der Waals surface area contributed by atoms with Gasteiger partial charge in [-0.1, -0.05) is 18.2 Å². The molecule has 3 rings (SSSR count). The number of nitrogens with zero attached hydrogens (tertiary/aromatic N) is 3. The van der Waals surface area contributed by atoms with Gasteiger partial charge >= 0.3 is 0 Å². The van der Waals surface area contributed by atoms with Gasteiger partial charge in [0.25, 0.3) is 5.91 Å². The lowest BCUT2D eigenvalue weighted by Gasteiger charge is -2.21. The molecule has 0 radical (unpaired) electrons. The number of primary amides is 1. The molecule has 1 saturated heterocycles. The van der Waals surface area contributed by atoms with Gasteiger partial charge in [0.15, 0.2) is 5.69 Å². The maximum absolute atomic E-state index is 12.9. The van der Waals surface area contributed by atoms with Crippen molar-refractivity contribution in [3.63, 3.8) is 0 Å². The summed E-state index contributed by atoms with van der Waals surface area (Å²) in [4.78, 5) is 39.3. The van der Waals surface area contributed by atoms with Crippen LogP contribution in [0, 0.1) is 5.92 Å². The van der Waals surface area contributed by atoms with Crippen molar-refractivity contribution >= 4 is 28.6 Å². The van der Waals surface area contributed by atoms with Crippen molar-refractivity contribution in [2.75, 3.05) is 26.2 Å². The summed E-state index contributed by atoms with van der Waals surface area (Å²) < 4.78 is 0. The van der Waals surface area contributed by atoms with Crippen LogP contribution in [0.1, 0.15) is 17.4 Å². The minimum absolute atomic E-state index is 0.138. The molecular formula is C16H19N5O3. The summed E-state index contributed by atoms with van der Waals surface area (Å²) in [6, 6.07) is 7.35. The van der Waals surface area contributed by atoms with Gasteiger partial charge in [-0.25, -0.2) is 0 Å². The van der Waals surface area contributed by atoms with Gasteiger partial charge in [-0.3, -0.25) is 19.5 Å². The van der Waals surface area contributed by atoms with Gasteiger partial charge in [-0.05, 0) is 6.07 Å². The second kappa shape index (κ2) is 6.31. The van der Waals surface area contributed by atoms with Crippen molar-refractivity contribution in [3.8, 4) is 0 Å². The summed E-state index contributed by atoms with van der Waals surface area (Å²) in [5, 5.41) is 7.67. The van der Waals surface area contributed by atoms with Crippen molar-refractivity contribution in [3.05, 3.63) is 30.0 Å². The number of hydrogen-bond acceptors (Lipinski definition) is 4. The van der Waals surface area contributed by atoms with Crippen LogP contribution in [0.25, 0.3) is 10.9 Å². The van der Waals surface area contributed by atoms with E-state index in [1.807, 2.05) is 24.3 Å².